The second-order valence-corrected chi connectivity index (χ2v) is 7.05. The van der Waals surface area contributed by atoms with Crippen LogP contribution in [0.2, 0.25) is 0 Å². The van der Waals surface area contributed by atoms with Crippen molar-refractivity contribution in [2.75, 3.05) is 6.54 Å². The SMILES string of the molecule is Cc1ccc(/C=C2\SC(=S)N(CCCc3ccccc3)C2=O)o1. The molecule has 5 heteroatoms. The molecule has 1 amide bonds. The van der Waals surface area contributed by atoms with Gasteiger partial charge in [-0.15, -0.1) is 0 Å². The van der Waals surface area contributed by atoms with Gasteiger partial charge in [0.2, 0.25) is 0 Å². The van der Waals surface area contributed by atoms with Crippen molar-refractivity contribution in [2.24, 2.45) is 0 Å². The van der Waals surface area contributed by atoms with Crippen LogP contribution in [0.5, 0.6) is 0 Å². The van der Waals surface area contributed by atoms with Crippen LogP contribution in [0.15, 0.2) is 51.8 Å². The van der Waals surface area contributed by atoms with Crippen molar-refractivity contribution in [3.05, 3.63) is 64.5 Å². The molecule has 1 saturated heterocycles. The van der Waals surface area contributed by atoms with Crippen molar-refractivity contribution in [2.45, 2.75) is 19.8 Å². The number of amides is 1. The Morgan fingerprint density at radius 3 is 2.70 bits per heavy atom. The molecule has 2 heterocycles. The highest BCUT2D eigenvalue weighted by Gasteiger charge is 2.31. The largest absolute Gasteiger partial charge is 0.462 e. The molecule has 3 nitrogen and oxygen atoms in total. The van der Waals surface area contributed by atoms with Crippen LogP contribution in [0.1, 0.15) is 23.5 Å². The lowest BCUT2D eigenvalue weighted by atomic mass is 10.1. The number of hydrogen-bond donors (Lipinski definition) is 0. The Kier molecular flexibility index (Phi) is 4.98. The zero-order valence-corrected chi connectivity index (χ0v) is 14.5. The van der Waals surface area contributed by atoms with Crippen molar-refractivity contribution in [3.8, 4) is 0 Å². The molecule has 0 atom stereocenters. The molecule has 2 aromatic rings. The van der Waals surface area contributed by atoms with Gasteiger partial charge in [0, 0.05) is 12.6 Å². The average molecular weight is 343 g/mol. The minimum atomic E-state index is -0.0258. The fourth-order valence-corrected chi connectivity index (χ4v) is 3.73. The molecular weight excluding hydrogens is 326 g/mol. The summed E-state index contributed by atoms with van der Waals surface area (Å²) in [6, 6.07) is 14.0. The van der Waals surface area contributed by atoms with E-state index in [4.69, 9.17) is 16.6 Å². The third-order valence-corrected chi connectivity index (χ3v) is 4.98. The van der Waals surface area contributed by atoms with E-state index in [1.54, 1.807) is 11.0 Å². The van der Waals surface area contributed by atoms with E-state index in [0.29, 0.717) is 21.5 Å². The van der Waals surface area contributed by atoms with Gasteiger partial charge in [0.15, 0.2) is 0 Å². The van der Waals surface area contributed by atoms with Gasteiger partial charge in [-0.3, -0.25) is 9.69 Å². The summed E-state index contributed by atoms with van der Waals surface area (Å²) >= 11 is 6.68. The summed E-state index contributed by atoms with van der Waals surface area (Å²) in [5.41, 5.74) is 1.28. The van der Waals surface area contributed by atoms with E-state index in [2.05, 4.69) is 12.1 Å². The van der Waals surface area contributed by atoms with Gasteiger partial charge in [-0.25, -0.2) is 0 Å². The van der Waals surface area contributed by atoms with E-state index in [-0.39, 0.29) is 5.91 Å². The number of benzene rings is 1. The third-order valence-electron chi connectivity index (χ3n) is 3.60. The normalized spacial score (nSPS) is 16.6. The first kappa shape index (κ1) is 16.0. The molecule has 0 bridgehead atoms. The molecule has 0 N–H and O–H groups in total. The highest BCUT2D eigenvalue weighted by Crippen LogP contribution is 2.32. The number of nitrogens with zero attached hydrogens (tertiary/aromatic N) is 1. The van der Waals surface area contributed by atoms with Crippen molar-refractivity contribution in [1.29, 1.82) is 0 Å². The average Bonchev–Trinajstić information content (AvgIpc) is 3.06. The van der Waals surface area contributed by atoms with Crippen LogP contribution in [0, 0.1) is 6.92 Å². The molecule has 0 saturated carbocycles. The van der Waals surface area contributed by atoms with Crippen LogP contribution in [-0.4, -0.2) is 21.7 Å². The number of carbonyl (C=O) groups is 1. The van der Waals surface area contributed by atoms with Crippen molar-refractivity contribution >= 4 is 40.3 Å². The van der Waals surface area contributed by atoms with Crippen LogP contribution >= 0.6 is 24.0 Å². The van der Waals surface area contributed by atoms with Gasteiger partial charge < -0.3 is 4.42 Å². The molecule has 1 aliphatic heterocycles. The quantitative estimate of drug-likeness (QED) is 0.594. The van der Waals surface area contributed by atoms with Gasteiger partial charge in [0.25, 0.3) is 5.91 Å². The van der Waals surface area contributed by atoms with Crippen molar-refractivity contribution in [3.63, 3.8) is 0 Å². The maximum Gasteiger partial charge on any atom is 0.266 e. The summed E-state index contributed by atoms with van der Waals surface area (Å²) in [7, 11) is 0. The predicted molar refractivity (Wildman–Crippen MR) is 98.1 cm³/mol. The zero-order chi connectivity index (χ0) is 16.2. The van der Waals surface area contributed by atoms with Gasteiger partial charge in [0.05, 0.1) is 4.91 Å². The maximum atomic E-state index is 12.5. The highest BCUT2D eigenvalue weighted by molar-refractivity contribution is 8.26. The molecule has 0 spiro atoms. The molecule has 0 unspecified atom stereocenters. The molecule has 3 rings (SSSR count). The van der Waals surface area contributed by atoms with Gasteiger partial charge >= 0.3 is 0 Å². The number of thioether (sulfide) groups is 1. The predicted octanol–water partition coefficient (Wildman–Crippen LogP) is 4.42. The number of furan rings is 1. The monoisotopic (exact) mass is 343 g/mol. The summed E-state index contributed by atoms with van der Waals surface area (Å²) in [6.45, 7) is 2.53. The fraction of sp³-hybridized carbons (Fsp3) is 0.222. The summed E-state index contributed by atoms with van der Waals surface area (Å²) in [6.07, 6.45) is 3.60. The number of rotatable bonds is 5. The number of hydrogen-bond acceptors (Lipinski definition) is 4. The van der Waals surface area contributed by atoms with Gasteiger partial charge in [-0.05, 0) is 37.5 Å². The summed E-state index contributed by atoms with van der Waals surface area (Å²) in [5, 5.41) is 0. The maximum absolute atomic E-state index is 12.5. The molecular formula is C18H17NO2S2. The Morgan fingerprint density at radius 2 is 2.00 bits per heavy atom. The minimum absolute atomic E-state index is 0.0258. The zero-order valence-electron chi connectivity index (χ0n) is 12.8. The first-order chi connectivity index (χ1) is 11.1. The van der Waals surface area contributed by atoms with E-state index in [1.807, 2.05) is 37.3 Å². The Labute approximate surface area is 145 Å². The molecule has 1 aromatic heterocycles. The standard InChI is InChI=1S/C18H17NO2S2/c1-13-9-10-15(21-13)12-16-17(20)19(18(22)23-16)11-5-8-14-6-3-2-4-7-14/h2-4,6-7,9-10,12H,5,8,11H2,1H3/b16-12-. The lowest BCUT2D eigenvalue weighted by molar-refractivity contribution is -0.122. The molecule has 23 heavy (non-hydrogen) atoms. The fourth-order valence-electron chi connectivity index (χ4n) is 2.44. The third kappa shape index (κ3) is 3.92. The topological polar surface area (TPSA) is 33.5 Å². The number of carbonyl (C=O) groups excluding carboxylic acids is 1. The summed E-state index contributed by atoms with van der Waals surface area (Å²) in [4.78, 5) is 14.8. The van der Waals surface area contributed by atoms with Crippen LogP contribution in [0.3, 0.4) is 0 Å². The Hall–Kier alpha value is -1.85. The van der Waals surface area contributed by atoms with Crippen molar-refractivity contribution in [1.82, 2.24) is 4.90 Å². The van der Waals surface area contributed by atoms with Crippen LogP contribution in [0.25, 0.3) is 6.08 Å². The van der Waals surface area contributed by atoms with Gasteiger partial charge in [0.1, 0.15) is 15.8 Å². The molecule has 1 aliphatic rings. The number of aryl methyl sites for hydroxylation is 2. The Balaban J connectivity index is 1.61. The highest BCUT2D eigenvalue weighted by atomic mass is 32.2. The van der Waals surface area contributed by atoms with E-state index in [9.17, 15) is 4.79 Å². The van der Waals surface area contributed by atoms with E-state index < -0.39 is 0 Å². The van der Waals surface area contributed by atoms with Gasteiger partial charge in [-0.1, -0.05) is 54.3 Å². The minimum Gasteiger partial charge on any atom is -0.462 e. The summed E-state index contributed by atoms with van der Waals surface area (Å²) < 4.78 is 6.12. The van der Waals surface area contributed by atoms with E-state index >= 15 is 0 Å². The smallest absolute Gasteiger partial charge is 0.266 e. The van der Waals surface area contributed by atoms with Crippen molar-refractivity contribution < 1.29 is 9.21 Å². The van der Waals surface area contributed by atoms with Gasteiger partial charge in [-0.2, -0.15) is 0 Å². The number of thiocarbonyl (C=S) groups is 1. The van der Waals surface area contributed by atoms with E-state index in [1.165, 1.54) is 17.3 Å². The molecule has 118 valence electrons. The second-order valence-electron chi connectivity index (χ2n) is 5.37. The second kappa shape index (κ2) is 7.15. The lowest BCUT2D eigenvalue weighted by Gasteiger charge is -2.14. The Bertz CT molecular complexity index is 749. The van der Waals surface area contributed by atoms with Crippen LogP contribution < -0.4 is 0 Å². The first-order valence-corrected chi connectivity index (χ1v) is 8.72. The lowest BCUT2D eigenvalue weighted by Crippen LogP contribution is -2.29. The molecule has 0 aliphatic carbocycles. The molecule has 1 aromatic carbocycles. The summed E-state index contributed by atoms with van der Waals surface area (Å²) in [5.74, 6) is 1.49. The molecule has 1 fully saturated rings. The van der Waals surface area contributed by atoms with Crippen LogP contribution in [0.4, 0.5) is 0 Å². The Morgan fingerprint density at radius 1 is 1.22 bits per heavy atom. The molecule has 0 radical (unpaired) electrons. The first-order valence-electron chi connectivity index (χ1n) is 7.49. The van der Waals surface area contributed by atoms with Crippen LogP contribution in [-0.2, 0) is 11.2 Å². The van der Waals surface area contributed by atoms with E-state index in [0.717, 1.165) is 18.6 Å².